The van der Waals surface area contributed by atoms with E-state index in [1.807, 2.05) is 0 Å². The largest absolute Gasteiger partial charge is 0.513 e. The van der Waals surface area contributed by atoms with E-state index in [1.54, 1.807) is 0 Å². The Hall–Kier alpha value is -2.68. The molecule has 0 unspecified atom stereocenters. The lowest BCUT2D eigenvalue weighted by atomic mass is 10.3. The number of nitro benzene ring substituents is 1. The molecular formula is C12H13NO8. The molecule has 1 rings (SSSR count). The molecule has 1 aromatic rings. The SMILES string of the molecule is O=C(O)COCCCOC(=O)Oc1ccc([N+](=O)[O-])cc1. The number of hydrogen-bond acceptors (Lipinski definition) is 7. The molecule has 9 heteroatoms. The predicted molar refractivity (Wildman–Crippen MR) is 68.1 cm³/mol. The summed E-state index contributed by atoms with van der Waals surface area (Å²) in [6.07, 6.45) is -0.634. The van der Waals surface area contributed by atoms with E-state index < -0.39 is 23.7 Å². The average molecular weight is 299 g/mol. The van der Waals surface area contributed by atoms with Crippen molar-refractivity contribution in [3.8, 4) is 5.75 Å². The molecule has 0 saturated carbocycles. The monoisotopic (exact) mass is 299 g/mol. The molecule has 0 aliphatic carbocycles. The molecule has 0 heterocycles. The molecule has 0 aliphatic heterocycles. The number of nitro groups is 1. The highest BCUT2D eigenvalue weighted by atomic mass is 16.7. The van der Waals surface area contributed by atoms with Crippen molar-refractivity contribution >= 4 is 17.8 Å². The van der Waals surface area contributed by atoms with Crippen molar-refractivity contribution in [1.82, 2.24) is 0 Å². The van der Waals surface area contributed by atoms with Crippen LogP contribution in [-0.2, 0) is 14.3 Å². The molecule has 1 aromatic carbocycles. The molecule has 0 saturated heterocycles. The van der Waals surface area contributed by atoms with Crippen LogP contribution in [0.25, 0.3) is 0 Å². The first-order valence-corrected chi connectivity index (χ1v) is 5.87. The van der Waals surface area contributed by atoms with Crippen LogP contribution in [0.5, 0.6) is 5.75 Å². The zero-order valence-electron chi connectivity index (χ0n) is 10.9. The lowest BCUT2D eigenvalue weighted by molar-refractivity contribution is -0.384. The Labute approximate surface area is 119 Å². The Kier molecular flexibility index (Phi) is 6.61. The van der Waals surface area contributed by atoms with Crippen LogP contribution in [0.15, 0.2) is 24.3 Å². The van der Waals surface area contributed by atoms with Gasteiger partial charge in [0, 0.05) is 18.6 Å². The van der Waals surface area contributed by atoms with Crippen molar-refractivity contribution in [1.29, 1.82) is 0 Å². The van der Waals surface area contributed by atoms with Gasteiger partial charge in [0.05, 0.1) is 18.1 Å². The number of hydrogen-bond donors (Lipinski definition) is 1. The topological polar surface area (TPSA) is 125 Å². The fourth-order valence-corrected chi connectivity index (χ4v) is 1.24. The minimum Gasteiger partial charge on any atom is -0.480 e. The van der Waals surface area contributed by atoms with Gasteiger partial charge in [0.1, 0.15) is 12.4 Å². The Morgan fingerprint density at radius 1 is 1.19 bits per heavy atom. The highest BCUT2D eigenvalue weighted by molar-refractivity contribution is 5.68. The molecule has 0 fully saturated rings. The Bertz CT molecular complexity index is 498. The summed E-state index contributed by atoms with van der Waals surface area (Å²) in [5, 5.41) is 18.7. The van der Waals surface area contributed by atoms with Gasteiger partial charge in [0.25, 0.3) is 5.69 Å². The molecule has 1 N–H and O–H groups in total. The summed E-state index contributed by atoms with van der Waals surface area (Å²) in [4.78, 5) is 31.3. The lowest BCUT2D eigenvalue weighted by Gasteiger charge is -2.05. The molecule has 0 atom stereocenters. The van der Waals surface area contributed by atoms with E-state index in [1.165, 1.54) is 24.3 Å². The van der Waals surface area contributed by atoms with Crippen molar-refractivity contribution in [3.63, 3.8) is 0 Å². The first kappa shape index (κ1) is 16.4. The molecule has 0 aliphatic rings. The van der Waals surface area contributed by atoms with Crippen LogP contribution in [0, 0.1) is 10.1 Å². The first-order chi connectivity index (χ1) is 9.99. The fraction of sp³-hybridized carbons (Fsp3) is 0.333. The molecule has 0 radical (unpaired) electrons. The number of carboxylic acids is 1. The Morgan fingerprint density at radius 3 is 2.43 bits per heavy atom. The molecule has 0 spiro atoms. The molecule has 0 amide bonds. The summed E-state index contributed by atoms with van der Waals surface area (Å²) < 4.78 is 14.2. The minimum atomic E-state index is -1.08. The predicted octanol–water partition coefficient (Wildman–Crippen LogP) is 1.60. The van der Waals surface area contributed by atoms with E-state index in [9.17, 15) is 19.7 Å². The second kappa shape index (κ2) is 8.48. The normalized spacial score (nSPS) is 9.90. The second-order valence-corrected chi connectivity index (χ2v) is 3.75. The van der Waals surface area contributed by atoms with Gasteiger partial charge < -0.3 is 19.3 Å². The molecule has 0 aromatic heterocycles. The van der Waals surface area contributed by atoms with Gasteiger partial charge in [-0.3, -0.25) is 10.1 Å². The Balaban J connectivity index is 2.21. The maximum atomic E-state index is 11.3. The van der Waals surface area contributed by atoms with Crippen molar-refractivity contribution in [2.24, 2.45) is 0 Å². The smallest absolute Gasteiger partial charge is 0.480 e. The van der Waals surface area contributed by atoms with Gasteiger partial charge in [-0.15, -0.1) is 0 Å². The summed E-state index contributed by atoms with van der Waals surface area (Å²) in [7, 11) is 0. The van der Waals surface area contributed by atoms with E-state index in [4.69, 9.17) is 19.3 Å². The molecule has 9 nitrogen and oxygen atoms in total. The van der Waals surface area contributed by atoms with Crippen LogP contribution < -0.4 is 4.74 Å². The first-order valence-electron chi connectivity index (χ1n) is 5.87. The van der Waals surface area contributed by atoms with E-state index in [0.29, 0.717) is 6.42 Å². The third-order valence-corrected chi connectivity index (χ3v) is 2.13. The Morgan fingerprint density at radius 2 is 1.86 bits per heavy atom. The number of rotatable bonds is 8. The number of carbonyl (C=O) groups excluding carboxylic acids is 1. The van der Waals surface area contributed by atoms with Crippen molar-refractivity contribution in [2.45, 2.75) is 6.42 Å². The summed E-state index contributed by atoms with van der Waals surface area (Å²) in [6.45, 7) is -0.268. The second-order valence-electron chi connectivity index (χ2n) is 3.75. The molecule has 0 bridgehead atoms. The van der Waals surface area contributed by atoms with Crippen LogP contribution in [0.1, 0.15) is 6.42 Å². The number of ether oxygens (including phenoxy) is 3. The van der Waals surface area contributed by atoms with Crippen molar-refractivity contribution in [3.05, 3.63) is 34.4 Å². The number of non-ortho nitro benzene ring substituents is 1. The standard InChI is InChI=1S/C12H13NO8/c14-11(15)8-19-6-1-7-20-12(16)21-10-4-2-9(3-5-10)13(17)18/h2-5H,1,6-8H2,(H,14,15). The van der Waals surface area contributed by atoms with Crippen LogP contribution in [-0.4, -0.2) is 42.0 Å². The maximum absolute atomic E-state index is 11.3. The van der Waals surface area contributed by atoms with Gasteiger partial charge in [0.2, 0.25) is 0 Å². The van der Waals surface area contributed by atoms with Crippen molar-refractivity contribution in [2.75, 3.05) is 19.8 Å². The average Bonchev–Trinajstić information content (AvgIpc) is 2.43. The van der Waals surface area contributed by atoms with Gasteiger partial charge in [-0.1, -0.05) is 0 Å². The number of carboxylic acid groups (broad SMARTS) is 1. The summed E-state index contributed by atoms with van der Waals surface area (Å²) in [5.41, 5.74) is -0.119. The molecule has 114 valence electrons. The zero-order chi connectivity index (χ0) is 15.7. The molecular weight excluding hydrogens is 286 g/mol. The van der Waals surface area contributed by atoms with Crippen LogP contribution in [0.4, 0.5) is 10.5 Å². The quantitative estimate of drug-likeness (QED) is 0.252. The summed E-state index contributed by atoms with van der Waals surface area (Å²) >= 11 is 0. The van der Waals surface area contributed by atoms with Crippen LogP contribution >= 0.6 is 0 Å². The number of carbonyl (C=O) groups is 2. The van der Waals surface area contributed by atoms with Gasteiger partial charge >= 0.3 is 12.1 Å². The number of nitrogens with zero attached hydrogens (tertiary/aromatic N) is 1. The minimum absolute atomic E-state index is 0.00539. The zero-order valence-corrected chi connectivity index (χ0v) is 10.9. The molecule has 21 heavy (non-hydrogen) atoms. The van der Waals surface area contributed by atoms with E-state index in [0.717, 1.165) is 0 Å². The fourth-order valence-electron chi connectivity index (χ4n) is 1.24. The van der Waals surface area contributed by atoms with Gasteiger partial charge in [-0.25, -0.2) is 9.59 Å². The number of aliphatic carboxylic acids is 1. The summed E-state index contributed by atoms with van der Waals surface area (Å²) in [5.74, 6) is -0.957. The van der Waals surface area contributed by atoms with E-state index >= 15 is 0 Å². The third-order valence-electron chi connectivity index (χ3n) is 2.13. The van der Waals surface area contributed by atoms with Crippen LogP contribution in [0.3, 0.4) is 0 Å². The van der Waals surface area contributed by atoms with Gasteiger partial charge in [0.15, 0.2) is 0 Å². The highest BCUT2D eigenvalue weighted by Gasteiger charge is 2.09. The highest BCUT2D eigenvalue weighted by Crippen LogP contribution is 2.17. The van der Waals surface area contributed by atoms with Gasteiger partial charge in [-0.05, 0) is 12.1 Å². The summed E-state index contributed by atoms with van der Waals surface area (Å²) in [6, 6.07) is 4.94. The van der Waals surface area contributed by atoms with E-state index in [-0.39, 0.29) is 24.7 Å². The third kappa shape index (κ3) is 6.87. The maximum Gasteiger partial charge on any atom is 0.513 e. The number of benzene rings is 1. The van der Waals surface area contributed by atoms with Gasteiger partial charge in [-0.2, -0.15) is 0 Å². The van der Waals surface area contributed by atoms with E-state index in [2.05, 4.69) is 0 Å². The lowest BCUT2D eigenvalue weighted by Crippen LogP contribution is -2.13. The van der Waals surface area contributed by atoms with Crippen LogP contribution in [0.2, 0.25) is 0 Å². The van der Waals surface area contributed by atoms with Crippen molar-refractivity contribution < 1.29 is 33.8 Å².